The van der Waals surface area contributed by atoms with Crippen LogP contribution in [0.4, 0.5) is 10.5 Å². The maximum Gasteiger partial charge on any atom is 0.337 e. The smallest absolute Gasteiger partial charge is 0.337 e. The molecule has 5 nitrogen and oxygen atoms in total. The second-order valence-corrected chi connectivity index (χ2v) is 6.77. The van der Waals surface area contributed by atoms with Crippen LogP contribution in [0.5, 0.6) is 0 Å². The van der Waals surface area contributed by atoms with Gasteiger partial charge >= 0.3 is 12.0 Å². The summed E-state index contributed by atoms with van der Waals surface area (Å²) >= 11 is 1.83. The number of likely N-dealkylation sites (tertiary alicyclic amines) is 1. The number of hydrogen-bond donors (Lipinski definition) is 1. The number of esters is 1. The minimum atomic E-state index is -0.404. The fraction of sp³-hybridized carbons (Fsp3) is 0.529. The van der Waals surface area contributed by atoms with Crippen LogP contribution in [0.1, 0.15) is 28.8 Å². The molecule has 1 aliphatic rings. The number of thioether (sulfide) groups is 1. The monoisotopic (exact) mass is 336 g/mol. The highest BCUT2D eigenvalue weighted by molar-refractivity contribution is 7.98. The maximum absolute atomic E-state index is 12.5. The van der Waals surface area contributed by atoms with Crippen LogP contribution in [-0.4, -0.2) is 49.1 Å². The fourth-order valence-electron chi connectivity index (χ4n) is 2.82. The van der Waals surface area contributed by atoms with E-state index in [1.807, 2.05) is 29.7 Å². The minimum absolute atomic E-state index is 0.0964. The first kappa shape index (κ1) is 17.7. The largest absolute Gasteiger partial charge is 0.465 e. The Bertz CT molecular complexity index is 575. The Labute approximate surface area is 141 Å². The molecule has 23 heavy (non-hydrogen) atoms. The number of rotatable bonds is 4. The van der Waals surface area contributed by atoms with Gasteiger partial charge in [-0.3, -0.25) is 0 Å². The van der Waals surface area contributed by atoms with Crippen molar-refractivity contribution in [2.75, 3.05) is 37.5 Å². The Morgan fingerprint density at radius 2 is 2.22 bits per heavy atom. The van der Waals surface area contributed by atoms with E-state index in [1.165, 1.54) is 13.5 Å². The summed E-state index contributed by atoms with van der Waals surface area (Å²) in [5, 5.41) is 2.93. The highest BCUT2D eigenvalue weighted by atomic mass is 32.2. The minimum Gasteiger partial charge on any atom is -0.465 e. The molecule has 1 heterocycles. The van der Waals surface area contributed by atoms with E-state index in [1.54, 1.807) is 12.1 Å². The number of ether oxygens (including phenoxy) is 1. The van der Waals surface area contributed by atoms with Crippen molar-refractivity contribution in [1.82, 2.24) is 4.90 Å². The summed E-state index contributed by atoms with van der Waals surface area (Å²) in [6.07, 6.45) is 4.32. The summed E-state index contributed by atoms with van der Waals surface area (Å²) in [5.41, 5.74) is 2.01. The van der Waals surface area contributed by atoms with Crippen LogP contribution in [0.3, 0.4) is 0 Å². The number of piperidine rings is 1. The van der Waals surface area contributed by atoms with Gasteiger partial charge in [0.1, 0.15) is 0 Å². The van der Waals surface area contributed by atoms with Gasteiger partial charge in [0.15, 0.2) is 0 Å². The molecule has 126 valence electrons. The van der Waals surface area contributed by atoms with Gasteiger partial charge in [0, 0.05) is 18.8 Å². The zero-order valence-electron chi connectivity index (χ0n) is 13.9. The number of carbonyl (C=O) groups excluding carboxylic acids is 2. The van der Waals surface area contributed by atoms with Crippen molar-refractivity contribution in [2.45, 2.75) is 19.8 Å². The second kappa shape index (κ2) is 8.24. The van der Waals surface area contributed by atoms with Gasteiger partial charge < -0.3 is 15.0 Å². The summed E-state index contributed by atoms with van der Waals surface area (Å²) in [6, 6.07) is 5.09. The summed E-state index contributed by atoms with van der Waals surface area (Å²) in [7, 11) is 1.35. The van der Waals surface area contributed by atoms with Gasteiger partial charge in [0.2, 0.25) is 0 Å². The van der Waals surface area contributed by atoms with E-state index in [-0.39, 0.29) is 6.03 Å². The Kier molecular flexibility index (Phi) is 6.33. The van der Waals surface area contributed by atoms with Gasteiger partial charge in [0.05, 0.1) is 12.7 Å². The molecule has 0 aliphatic carbocycles. The number of hydrogen-bond acceptors (Lipinski definition) is 4. The molecule has 2 rings (SSSR count). The lowest BCUT2D eigenvalue weighted by Crippen LogP contribution is -2.43. The first-order valence-corrected chi connectivity index (χ1v) is 9.18. The van der Waals surface area contributed by atoms with Crippen molar-refractivity contribution in [3.63, 3.8) is 0 Å². The average Bonchev–Trinajstić information content (AvgIpc) is 2.56. The van der Waals surface area contributed by atoms with Gasteiger partial charge in [-0.15, -0.1) is 0 Å². The van der Waals surface area contributed by atoms with Crippen LogP contribution >= 0.6 is 11.8 Å². The molecule has 1 atom stereocenters. The zero-order valence-corrected chi connectivity index (χ0v) is 14.7. The number of nitrogens with one attached hydrogen (secondary N) is 1. The number of benzene rings is 1. The first-order chi connectivity index (χ1) is 11.0. The van der Waals surface area contributed by atoms with E-state index < -0.39 is 5.97 Å². The number of carbonyl (C=O) groups is 2. The Balaban J connectivity index is 2.06. The van der Waals surface area contributed by atoms with Crippen LogP contribution in [0.25, 0.3) is 0 Å². The molecular weight excluding hydrogens is 312 g/mol. The highest BCUT2D eigenvalue weighted by Gasteiger charge is 2.23. The summed E-state index contributed by atoms with van der Waals surface area (Å²) < 4.78 is 4.73. The van der Waals surface area contributed by atoms with Crippen LogP contribution in [0, 0.1) is 12.8 Å². The molecule has 0 saturated carbocycles. The van der Waals surface area contributed by atoms with Gasteiger partial charge in [-0.25, -0.2) is 9.59 Å². The standard InChI is InChI=1S/C17H24N2O3S/c1-12-6-7-14(16(20)22-2)9-15(12)18-17(21)19-8-4-5-13(10-19)11-23-3/h6-7,9,13H,4-5,8,10-11H2,1-3H3,(H,18,21). The van der Waals surface area contributed by atoms with Crippen LogP contribution in [0.15, 0.2) is 18.2 Å². The van der Waals surface area contributed by atoms with E-state index in [4.69, 9.17) is 4.74 Å². The van der Waals surface area contributed by atoms with E-state index in [0.717, 1.165) is 30.8 Å². The van der Waals surface area contributed by atoms with Crippen LogP contribution in [-0.2, 0) is 4.74 Å². The molecule has 2 amide bonds. The molecule has 1 unspecified atom stereocenters. The van der Waals surface area contributed by atoms with Crippen molar-refractivity contribution in [2.24, 2.45) is 5.92 Å². The van der Waals surface area contributed by atoms with Crippen molar-refractivity contribution < 1.29 is 14.3 Å². The van der Waals surface area contributed by atoms with Crippen molar-refractivity contribution in [3.05, 3.63) is 29.3 Å². The van der Waals surface area contributed by atoms with Crippen molar-refractivity contribution in [3.8, 4) is 0 Å². The third-order valence-electron chi connectivity index (χ3n) is 4.11. The molecule has 1 aromatic carbocycles. The quantitative estimate of drug-likeness (QED) is 0.856. The Hall–Kier alpha value is -1.69. The Morgan fingerprint density at radius 1 is 1.43 bits per heavy atom. The molecule has 0 bridgehead atoms. The van der Waals surface area contributed by atoms with Gasteiger partial charge in [-0.05, 0) is 55.4 Å². The van der Waals surface area contributed by atoms with E-state index in [0.29, 0.717) is 17.2 Å². The summed E-state index contributed by atoms with van der Waals surface area (Å²) in [5.74, 6) is 1.24. The summed E-state index contributed by atoms with van der Waals surface area (Å²) in [6.45, 7) is 3.48. The van der Waals surface area contributed by atoms with Crippen LogP contribution in [0.2, 0.25) is 0 Å². The second-order valence-electron chi connectivity index (χ2n) is 5.86. The number of methoxy groups -OCH3 is 1. The van der Waals surface area contributed by atoms with E-state index in [9.17, 15) is 9.59 Å². The number of aryl methyl sites for hydroxylation is 1. The highest BCUT2D eigenvalue weighted by Crippen LogP contribution is 2.22. The molecular formula is C17H24N2O3S. The predicted octanol–water partition coefficient (Wildman–Crippen LogP) is 3.39. The lowest BCUT2D eigenvalue weighted by atomic mass is 10.0. The number of nitrogens with zero attached hydrogens (tertiary/aromatic N) is 1. The molecule has 1 saturated heterocycles. The van der Waals surface area contributed by atoms with E-state index >= 15 is 0 Å². The molecule has 0 radical (unpaired) electrons. The number of amides is 2. The molecule has 0 spiro atoms. The topological polar surface area (TPSA) is 58.6 Å². The van der Waals surface area contributed by atoms with Gasteiger partial charge in [0.25, 0.3) is 0 Å². The zero-order chi connectivity index (χ0) is 16.8. The first-order valence-electron chi connectivity index (χ1n) is 7.79. The molecule has 0 aromatic heterocycles. The third-order valence-corrected chi connectivity index (χ3v) is 4.91. The van der Waals surface area contributed by atoms with Gasteiger partial charge in [-0.1, -0.05) is 6.07 Å². The molecule has 1 aliphatic heterocycles. The lowest BCUT2D eigenvalue weighted by Gasteiger charge is -2.32. The maximum atomic E-state index is 12.5. The molecule has 1 aromatic rings. The van der Waals surface area contributed by atoms with Crippen molar-refractivity contribution in [1.29, 1.82) is 0 Å². The lowest BCUT2D eigenvalue weighted by molar-refractivity contribution is 0.0600. The average molecular weight is 336 g/mol. The molecule has 1 fully saturated rings. The predicted molar refractivity (Wildman–Crippen MR) is 94.2 cm³/mol. The summed E-state index contributed by atoms with van der Waals surface area (Å²) in [4.78, 5) is 26.0. The molecule has 6 heteroatoms. The van der Waals surface area contributed by atoms with Crippen molar-refractivity contribution >= 4 is 29.4 Å². The van der Waals surface area contributed by atoms with E-state index in [2.05, 4.69) is 11.6 Å². The fourth-order valence-corrected chi connectivity index (χ4v) is 3.56. The van der Waals surface area contributed by atoms with Crippen LogP contribution < -0.4 is 5.32 Å². The molecule has 1 N–H and O–H groups in total. The van der Waals surface area contributed by atoms with Gasteiger partial charge in [-0.2, -0.15) is 11.8 Å². The number of urea groups is 1. The third kappa shape index (κ3) is 4.64. The number of anilines is 1. The Morgan fingerprint density at radius 3 is 2.91 bits per heavy atom. The SMILES string of the molecule is COC(=O)c1ccc(C)c(NC(=O)N2CCCC(CSC)C2)c1. The normalized spacial score (nSPS) is 17.7.